The predicted molar refractivity (Wildman–Crippen MR) is 86.1 cm³/mol. The number of hydrogen-bond donors (Lipinski definition) is 1. The quantitative estimate of drug-likeness (QED) is 0.801. The highest BCUT2D eigenvalue weighted by molar-refractivity contribution is 5.76. The van der Waals surface area contributed by atoms with E-state index in [4.69, 9.17) is 4.98 Å². The third-order valence-corrected chi connectivity index (χ3v) is 3.90. The maximum absolute atomic E-state index is 11.2. The van der Waals surface area contributed by atoms with Gasteiger partial charge in [-0.2, -0.15) is 0 Å². The lowest BCUT2D eigenvalue weighted by atomic mass is 10.1. The van der Waals surface area contributed by atoms with E-state index in [0.717, 1.165) is 34.6 Å². The van der Waals surface area contributed by atoms with Crippen molar-refractivity contribution in [1.82, 2.24) is 9.38 Å². The van der Waals surface area contributed by atoms with Crippen molar-refractivity contribution in [2.24, 2.45) is 0 Å². The van der Waals surface area contributed by atoms with Gasteiger partial charge in [-0.15, -0.1) is 0 Å². The number of pyridine rings is 1. The molecule has 0 saturated carbocycles. The third-order valence-electron chi connectivity index (χ3n) is 3.90. The average Bonchev–Trinajstić information content (AvgIpc) is 2.87. The van der Waals surface area contributed by atoms with Crippen LogP contribution in [0.2, 0.25) is 0 Å². The van der Waals surface area contributed by atoms with Crippen molar-refractivity contribution in [3.8, 4) is 11.3 Å². The summed E-state index contributed by atoms with van der Waals surface area (Å²) in [5, 5.41) is 9.23. The fourth-order valence-electron chi connectivity index (χ4n) is 2.69. The second-order valence-electron chi connectivity index (χ2n) is 5.41. The lowest BCUT2D eigenvalue weighted by Gasteiger charge is -2.04. The molecule has 0 bridgehead atoms. The standard InChI is InChI=1S/C18H18N2O2/c1-3-13-6-8-14(9-7-13)17-15(11-16(21)22)20-10-4-5-12(2)18(20)19-17/h4-10H,3,11H2,1-2H3,(H,21,22). The van der Waals surface area contributed by atoms with Gasteiger partial charge in [0.2, 0.25) is 0 Å². The number of rotatable bonds is 4. The van der Waals surface area contributed by atoms with Gasteiger partial charge < -0.3 is 9.51 Å². The number of aryl methyl sites for hydroxylation is 2. The van der Waals surface area contributed by atoms with E-state index in [1.165, 1.54) is 5.56 Å². The number of nitrogens with zero attached hydrogens (tertiary/aromatic N) is 2. The molecule has 2 aromatic heterocycles. The Hall–Kier alpha value is -2.62. The van der Waals surface area contributed by atoms with Crippen LogP contribution in [0.3, 0.4) is 0 Å². The van der Waals surface area contributed by atoms with Crippen LogP contribution in [0.15, 0.2) is 42.6 Å². The lowest BCUT2D eigenvalue weighted by Crippen LogP contribution is -2.04. The molecule has 0 aliphatic rings. The maximum Gasteiger partial charge on any atom is 0.309 e. The summed E-state index contributed by atoms with van der Waals surface area (Å²) in [7, 11) is 0. The number of hydrogen-bond acceptors (Lipinski definition) is 2. The zero-order chi connectivity index (χ0) is 15.7. The number of aliphatic carboxylic acids is 1. The number of aromatic nitrogens is 2. The highest BCUT2D eigenvalue weighted by Gasteiger charge is 2.17. The number of carboxylic acid groups (broad SMARTS) is 1. The molecule has 1 N–H and O–H groups in total. The van der Waals surface area contributed by atoms with Crippen LogP contribution < -0.4 is 0 Å². The summed E-state index contributed by atoms with van der Waals surface area (Å²) in [5.74, 6) is -0.852. The van der Waals surface area contributed by atoms with Crippen LogP contribution in [0.5, 0.6) is 0 Å². The molecule has 0 radical (unpaired) electrons. The van der Waals surface area contributed by atoms with Crippen LogP contribution in [-0.4, -0.2) is 20.5 Å². The first-order chi connectivity index (χ1) is 10.6. The van der Waals surface area contributed by atoms with Gasteiger partial charge in [-0.25, -0.2) is 4.98 Å². The second-order valence-corrected chi connectivity index (χ2v) is 5.41. The molecule has 0 fully saturated rings. The van der Waals surface area contributed by atoms with Gasteiger partial charge in [0.25, 0.3) is 0 Å². The zero-order valence-corrected chi connectivity index (χ0v) is 12.7. The Morgan fingerprint density at radius 1 is 1.23 bits per heavy atom. The number of carboxylic acids is 1. The summed E-state index contributed by atoms with van der Waals surface area (Å²) in [6.45, 7) is 4.09. The monoisotopic (exact) mass is 294 g/mol. The lowest BCUT2D eigenvalue weighted by molar-refractivity contribution is -0.136. The molecule has 0 aliphatic heterocycles. The van der Waals surface area contributed by atoms with Crippen molar-refractivity contribution in [2.45, 2.75) is 26.7 Å². The molecule has 3 aromatic rings. The van der Waals surface area contributed by atoms with Crippen LogP contribution in [0, 0.1) is 6.92 Å². The van der Waals surface area contributed by atoms with Crippen LogP contribution in [0.1, 0.15) is 23.7 Å². The molecule has 0 aliphatic carbocycles. The van der Waals surface area contributed by atoms with Crippen molar-refractivity contribution in [2.75, 3.05) is 0 Å². The summed E-state index contributed by atoms with van der Waals surface area (Å²) >= 11 is 0. The number of imidazole rings is 1. The van der Waals surface area contributed by atoms with Crippen molar-refractivity contribution >= 4 is 11.6 Å². The van der Waals surface area contributed by atoms with Crippen molar-refractivity contribution in [3.05, 3.63) is 59.4 Å². The number of benzene rings is 1. The molecule has 2 heterocycles. The molecular formula is C18H18N2O2. The topological polar surface area (TPSA) is 54.6 Å². The summed E-state index contributed by atoms with van der Waals surface area (Å²) in [5.41, 5.74) is 5.52. The number of carbonyl (C=O) groups is 1. The fraction of sp³-hybridized carbons (Fsp3) is 0.222. The summed E-state index contributed by atoms with van der Waals surface area (Å²) in [4.78, 5) is 15.9. The Balaban J connectivity index is 2.22. The summed E-state index contributed by atoms with van der Waals surface area (Å²) in [6, 6.07) is 12.1. The summed E-state index contributed by atoms with van der Waals surface area (Å²) < 4.78 is 1.88. The Morgan fingerprint density at radius 2 is 1.95 bits per heavy atom. The normalized spacial score (nSPS) is 11.0. The third kappa shape index (κ3) is 2.48. The molecule has 112 valence electrons. The highest BCUT2D eigenvalue weighted by Crippen LogP contribution is 2.26. The van der Waals surface area contributed by atoms with E-state index in [9.17, 15) is 9.90 Å². The Kier molecular flexibility index (Phi) is 3.67. The van der Waals surface area contributed by atoms with Crippen molar-refractivity contribution in [3.63, 3.8) is 0 Å². The molecule has 0 unspecified atom stereocenters. The van der Waals surface area contributed by atoms with Gasteiger partial charge in [-0.1, -0.05) is 37.3 Å². The molecule has 22 heavy (non-hydrogen) atoms. The SMILES string of the molecule is CCc1ccc(-c2nc3c(C)cccn3c2CC(=O)O)cc1. The zero-order valence-electron chi connectivity index (χ0n) is 12.7. The van der Waals surface area contributed by atoms with E-state index in [1.54, 1.807) is 0 Å². The van der Waals surface area contributed by atoms with Gasteiger partial charge in [0.1, 0.15) is 5.65 Å². The first kappa shape index (κ1) is 14.3. The van der Waals surface area contributed by atoms with Crippen LogP contribution >= 0.6 is 0 Å². The second kappa shape index (κ2) is 5.64. The number of fused-ring (bicyclic) bond motifs is 1. The van der Waals surface area contributed by atoms with Gasteiger partial charge in [0.15, 0.2) is 0 Å². The first-order valence-electron chi connectivity index (χ1n) is 7.37. The van der Waals surface area contributed by atoms with E-state index >= 15 is 0 Å². The predicted octanol–water partition coefficient (Wildman–Crippen LogP) is 3.50. The molecule has 4 nitrogen and oxygen atoms in total. The molecule has 0 atom stereocenters. The molecule has 0 amide bonds. The molecule has 0 spiro atoms. The Morgan fingerprint density at radius 3 is 2.59 bits per heavy atom. The maximum atomic E-state index is 11.2. The Bertz CT molecular complexity index is 832. The van der Waals surface area contributed by atoms with Crippen molar-refractivity contribution < 1.29 is 9.90 Å². The van der Waals surface area contributed by atoms with Crippen LogP contribution in [0.25, 0.3) is 16.9 Å². The van der Waals surface area contributed by atoms with Gasteiger partial charge in [-0.05, 0) is 30.5 Å². The van der Waals surface area contributed by atoms with Gasteiger partial charge in [0.05, 0.1) is 17.8 Å². The minimum atomic E-state index is -0.852. The Labute approximate surface area is 129 Å². The fourth-order valence-corrected chi connectivity index (χ4v) is 2.69. The minimum absolute atomic E-state index is 0.0461. The van der Waals surface area contributed by atoms with E-state index < -0.39 is 5.97 Å². The summed E-state index contributed by atoms with van der Waals surface area (Å²) in [6.07, 6.45) is 2.81. The highest BCUT2D eigenvalue weighted by atomic mass is 16.4. The smallest absolute Gasteiger partial charge is 0.309 e. The molecule has 0 saturated heterocycles. The van der Waals surface area contributed by atoms with Crippen molar-refractivity contribution in [1.29, 1.82) is 0 Å². The van der Waals surface area contributed by atoms with E-state index in [0.29, 0.717) is 0 Å². The first-order valence-corrected chi connectivity index (χ1v) is 7.37. The average molecular weight is 294 g/mol. The van der Waals surface area contributed by atoms with Crippen LogP contribution in [-0.2, 0) is 17.6 Å². The van der Waals surface area contributed by atoms with E-state index in [2.05, 4.69) is 19.1 Å². The van der Waals surface area contributed by atoms with Gasteiger partial charge in [-0.3, -0.25) is 4.79 Å². The van der Waals surface area contributed by atoms with Gasteiger partial charge in [0, 0.05) is 11.8 Å². The van der Waals surface area contributed by atoms with Gasteiger partial charge >= 0.3 is 5.97 Å². The molecule has 3 rings (SSSR count). The largest absolute Gasteiger partial charge is 0.481 e. The minimum Gasteiger partial charge on any atom is -0.481 e. The molecular weight excluding hydrogens is 276 g/mol. The van der Waals surface area contributed by atoms with Crippen LogP contribution in [0.4, 0.5) is 0 Å². The van der Waals surface area contributed by atoms with E-state index in [1.807, 2.05) is 41.8 Å². The van der Waals surface area contributed by atoms with E-state index in [-0.39, 0.29) is 6.42 Å². The molecule has 1 aromatic carbocycles. The molecule has 4 heteroatoms.